The van der Waals surface area contributed by atoms with Crippen molar-refractivity contribution in [3.63, 3.8) is 0 Å². The van der Waals surface area contributed by atoms with Crippen LogP contribution >= 0.6 is 0 Å². The lowest BCUT2D eigenvalue weighted by Crippen LogP contribution is -2.23. The molecule has 0 spiro atoms. The third kappa shape index (κ3) is 3.74. The highest BCUT2D eigenvalue weighted by atomic mass is 16.5. The largest absolute Gasteiger partial charge is 0.493 e. The fourth-order valence-corrected chi connectivity index (χ4v) is 1.38. The van der Waals surface area contributed by atoms with Crippen LogP contribution in [0.15, 0.2) is 18.2 Å². The van der Waals surface area contributed by atoms with Gasteiger partial charge in [-0.2, -0.15) is 0 Å². The molecule has 3 heteroatoms. The molecular formula is C13H21NO2. The Morgan fingerprint density at radius 1 is 1.31 bits per heavy atom. The van der Waals surface area contributed by atoms with Crippen molar-refractivity contribution in [1.82, 2.24) is 5.32 Å². The second kappa shape index (κ2) is 6.38. The molecule has 0 saturated carbocycles. The van der Waals surface area contributed by atoms with Crippen LogP contribution in [0.5, 0.6) is 11.5 Å². The summed E-state index contributed by atoms with van der Waals surface area (Å²) in [5.41, 5.74) is 1.17. The first kappa shape index (κ1) is 12.8. The molecule has 0 fully saturated rings. The molecule has 0 heterocycles. The van der Waals surface area contributed by atoms with Crippen LogP contribution in [0, 0.1) is 6.92 Å². The quantitative estimate of drug-likeness (QED) is 0.803. The van der Waals surface area contributed by atoms with Crippen molar-refractivity contribution in [3.8, 4) is 11.5 Å². The molecule has 0 saturated heterocycles. The normalized spacial score (nSPS) is 12.2. The van der Waals surface area contributed by atoms with Gasteiger partial charge in [-0.1, -0.05) is 6.07 Å². The van der Waals surface area contributed by atoms with E-state index >= 15 is 0 Å². The standard InChI is InChI=1S/C13H21NO2/c1-10-5-6-12(13(9-10)15-4)16-8-7-11(2)14-3/h5-6,9,11,14H,7-8H2,1-4H3. The highest BCUT2D eigenvalue weighted by molar-refractivity contribution is 5.42. The molecule has 1 rings (SSSR count). The van der Waals surface area contributed by atoms with Crippen LogP contribution in [0.3, 0.4) is 0 Å². The van der Waals surface area contributed by atoms with Crippen molar-refractivity contribution < 1.29 is 9.47 Å². The highest BCUT2D eigenvalue weighted by Gasteiger charge is 2.05. The fraction of sp³-hybridized carbons (Fsp3) is 0.538. The van der Waals surface area contributed by atoms with E-state index in [9.17, 15) is 0 Å². The van der Waals surface area contributed by atoms with Gasteiger partial charge in [0.1, 0.15) is 0 Å². The van der Waals surface area contributed by atoms with Crippen LogP contribution in [0.1, 0.15) is 18.9 Å². The lowest BCUT2D eigenvalue weighted by Gasteiger charge is -2.13. The second-order valence-corrected chi connectivity index (χ2v) is 3.98. The number of aryl methyl sites for hydroxylation is 1. The molecule has 1 N–H and O–H groups in total. The lowest BCUT2D eigenvalue weighted by molar-refractivity contribution is 0.276. The monoisotopic (exact) mass is 223 g/mol. The van der Waals surface area contributed by atoms with Crippen molar-refractivity contribution in [3.05, 3.63) is 23.8 Å². The van der Waals surface area contributed by atoms with E-state index in [2.05, 4.69) is 12.2 Å². The first-order valence-electron chi connectivity index (χ1n) is 5.62. The molecule has 0 aliphatic rings. The van der Waals surface area contributed by atoms with Crippen LogP contribution in [0.4, 0.5) is 0 Å². The van der Waals surface area contributed by atoms with E-state index in [1.807, 2.05) is 32.2 Å². The molecule has 3 nitrogen and oxygen atoms in total. The second-order valence-electron chi connectivity index (χ2n) is 3.98. The first-order valence-corrected chi connectivity index (χ1v) is 5.62. The van der Waals surface area contributed by atoms with Crippen molar-refractivity contribution in [1.29, 1.82) is 0 Å². The van der Waals surface area contributed by atoms with E-state index in [4.69, 9.17) is 9.47 Å². The van der Waals surface area contributed by atoms with Crippen molar-refractivity contribution in [2.24, 2.45) is 0 Å². The van der Waals surface area contributed by atoms with E-state index < -0.39 is 0 Å². The Morgan fingerprint density at radius 3 is 2.69 bits per heavy atom. The van der Waals surface area contributed by atoms with Crippen LogP contribution in [-0.2, 0) is 0 Å². The average molecular weight is 223 g/mol. The Morgan fingerprint density at radius 2 is 2.06 bits per heavy atom. The summed E-state index contributed by atoms with van der Waals surface area (Å²) in [4.78, 5) is 0. The smallest absolute Gasteiger partial charge is 0.161 e. The van der Waals surface area contributed by atoms with Gasteiger partial charge in [-0.05, 0) is 45.0 Å². The Kier molecular flexibility index (Phi) is 5.12. The SMILES string of the molecule is CNC(C)CCOc1ccc(C)cc1OC. The Bertz CT molecular complexity index is 326. The molecule has 1 atom stereocenters. The Balaban J connectivity index is 2.53. The number of nitrogens with one attached hydrogen (secondary N) is 1. The minimum atomic E-state index is 0.469. The first-order chi connectivity index (χ1) is 7.67. The predicted octanol–water partition coefficient (Wildman–Crippen LogP) is 2.38. The third-order valence-corrected chi connectivity index (χ3v) is 2.62. The Labute approximate surface area is 97.8 Å². The summed E-state index contributed by atoms with van der Waals surface area (Å²) in [5.74, 6) is 1.62. The van der Waals surface area contributed by atoms with Gasteiger partial charge in [0.15, 0.2) is 11.5 Å². The number of ether oxygens (including phenoxy) is 2. The van der Waals surface area contributed by atoms with Crippen molar-refractivity contribution in [2.45, 2.75) is 26.3 Å². The third-order valence-electron chi connectivity index (χ3n) is 2.62. The van der Waals surface area contributed by atoms with Gasteiger partial charge in [-0.3, -0.25) is 0 Å². The van der Waals surface area contributed by atoms with Crippen LogP contribution in [-0.4, -0.2) is 26.8 Å². The molecule has 90 valence electrons. The summed E-state index contributed by atoms with van der Waals surface area (Å²) < 4.78 is 11.0. The highest BCUT2D eigenvalue weighted by Crippen LogP contribution is 2.27. The molecule has 0 aliphatic heterocycles. The van der Waals surface area contributed by atoms with Gasteiger partial charge in [-0.15, -0.1) is 0 Å². The van der Waals surface area contributed by atoms with Crippen LogP contribution < -0.4 is 14.8 Å². The average Bonchev–Trinajstić information content (AvgIpc) is 2.30. The van der Waals surface area contributed by atoms with Gasteiger partial charge in [0.25, 0.3) is 0 Å². The zero-order chi connectivity index (χ0) is 12.0. The molecule has 0 radical (unpaired) electrons. The number of methoxy groups -OCH3 is 1. The summed E-state index contributed by atoms with van der Waals surface area (Å²) in [6.45, 7) is 4.87. The Hall–Kier alpha value is -1.22. The predicted molar refractivity (Wildman–Crippen MR) is 66.4 cm³/mol. The molecule has 1 unspecified atom stereocenters. The maximum absolute atomic E-state index is 5.69. The molecule has 1 aromatic rings. The molecule has 1 aromatic carbocycles. The van der Waals surface area contributed by atoms with Gasteiger partial charge in [0.2, 0.25) is 0 Å². The van der Waals surface area contributed by atoms with Crippen LogP contribution in [0.25, 0.3) is 0 Å². The van der Waals surface area contributed by atoms with E-state index in [0.717, 1.165) is 17.9 Å². The zero-order valence-electron chi connectivity index (χ0n) is 10.5. The molecule has 0 amide bonds. The topological polar surface area (TPSA) is 30.5 Å². The van der Waals surface area contributed by atoms with Crippen molar-refractivity contribution in [2.75, 3.05) is 20.8 Å². The van der Waals surface area contributed by atoms with E-state index in [1.165, 1.54) is 5.56 Å². The molecule has 0 bridgehead atoms. The summed E-state index contributed by atoms with van der Waals surface area (Å²) in [7, 11) is 3.62. The summed E-state index contributed by atoms with van der Waals surface area (Å²) >= 11 is 0. The number of hydrogen-bond acceptors (Lipinski definition) is 3. The van der Waals surface area contributed by atoms with Gasteiger partial charge in [0.05, 0.1) is 13.7 Å². The summed E-state index contributed by atoms with van der Waals surface area (Å²) in [5, 5.41) is 3.18. The number of benzene rings is 1. The van der Waals surface area contributed by atoms with Crippen molar-refractivity contribution >= 4 is 0 Å². The van der Waals surface area contributed by atoms with E-state index in [0.29, 0.717) is 12.6 Å². The summed E-state index contributed by atoms with van der Waals surface area (Å²) in [6, 6.07) is 6.44. The summed E-state index contributed by atoms with van der Waals surface area (Å²) in [6.07, 6.45) is 0.980. The van der Waals surface area contributed by atoms with E-state index in [-0.39, 0.29) is 0 Å². The van der Waals surface area contributed by atoms with Gasteiger partial charge >= 0.3 is 0 Å². The minimum Gasteiger partial charge on any atom is -0.493 e. The van der Waals surface area contributed by atoms with Crippen LogP contribution in [0.2, 0.25) is 0 Å². The maximum atomic E-state index is 5.69. The molecular weight excluding hydrogens is 202 g/mol. The lowest BCUT2D eigenvalue weighted by atomic mass is 10.2. The maximum Gasteiger partial charge on any atom is 0.161 e. The molecule has 0 aromatic heterocycles. The number of hydrogen-bond donors (Lipinski definition) is 1. The minimum absolute atomic E-state index is 0.469. The molecule has 16 heavy (non-hydrogen) atoms. The van der Waals surface area contributed by atoms with Gasteiger partial charge in [-0.25, -0.2) is 0 Å². The van der Waals surface area contributed by atoms with E-state index in [1.54, 1.807) is 7.11 Å². The van der Waals surface area contributed by atoms with Gasteiger partial charge < -0.3 is 14.8 Å². The fourth-order valence-electron chi connectivity index (χ4n) is 1.38. The number of rotatable bonds is 6. The zero-order valence-corrected chi connectivity index (χ0v) is 10.5. The van der Waals surface area contributed by atoms with Gasteiger partial charge in [0, 0.05) is 6.04 Å². The molecule has 0 aliphatic carbocycles.